The lowest BCUT2D eigenvalue weighted by molar-refractivity contribution is 0.200. The first-order valence-corrected chi connectivity index (χ1v) is 6.74. The molecule has 0 saturated heterocycles. The summed E-state index contributed by atoms with van der Waals surface area (Å²) in [7, 11) is 0. The molecule has 0 unspecified atom stereocenters. The van der Waals surface area contributed by atoms with Crippen molar-refractivity contribution in [2.75, 3.05) is 24.5 Å². The molecule has 4 heteroatoms. The normalized spacial score (nSPS) is 9.65. The Hall–Kier alpha value is -2.23. The number of nitrogens with zero attached hydrogens (tertiary/aromatic N) is 1. The van der Waals surface area contributed by atoms with Gasteiger partial charge in [0.1, 0.15) is 0 Å². The molecule has 1 rings (SSSR count). The molecular weight excluding hydrogens is 252 g/mol. The van der Waals surface area contributed by atoms with Crippen LogP contribution >= 0.6 is 0 Å². The number of rotatable bonds is 8. The molecule has 0 heterocycles. The minimum absolute atomic E-state index is 0.434. The second kappa shape index (κ2) is 8.80. The maximum absolute atomic E-state index is 11.7. The van der Waals surface area contributed by atoms with Gasteiger partial charge >= 0.3 is 6.09 Å². The van der Waals surface area contributed by atoms with Crippen molar-refractivity contribution in [3.05, 3.63) is 49.6 Å². The summed E-state index contributed by atoms with van der Waals surface area (Å²) >= 11 is 0. The molecule has 0 spiro atoms. The Balaban J connectivity index is 2.87. The van der Waals surface area contributed by atoms with E-state index in [4.69, 9.17) is 4.74 Å². The van der Waals surface area contributed by atoms with Crippen molar-refractivity contribution >= 4 is 11.8 Å². The van der Waals surface area contributed by atoms with Crippen LogP contribution in [0.25, 0.3) is 0 Å². The SMILES string of the molecule is C=CCN(CC=C)c1ccccc1OC(=O)NCCC. The summed E-state index contributed by atoms with van der Waals surface area (Å²) in [5.41, 5.74) is 0.846. The van der Waals surface area contributed by atoms with Crippen molar-refractivity contribution in [1.82, 2.24) is 5.32 Å². The molecule has 4 nitrogen and oxygen atoms in total. The second-order valence-corrected chi connectivity index (χ2v) is 4.27. The van der Waals surface area contributed by atoms with Gasteiger partial charge in [-0.1, -0.05) is 31.2 Å². The lowest BCUT2D eigenvalue weighted by Crippen LogP contribution is -2.29. The van der Waals surface area contributed by atoms with E-state index >= 15 is 0 Å². The van der Waals surface area contributed by atoms with E-state index in [-0.39, 0.29) is 0 Å². The van der Waals surface area contributed by atoms with E-state index < -0.39 is 6.09 Å². The highest BCUT2D eigenvalue weighted by Gasteiger charge is 2.12. The zero-order chi connectivity index (χ0) is 14.8. The number of carbonyl (C=O) groups is 1. The van der Waals surface area contributed by atoms with Crippen LogP contribution in [0, 0.1) is 0 Å². The summed E-state index contributed by atoms with van der Waals surface area (Å²) in [6.07, 6.45) is 4.04. The van der Waals surface area contributed by atoms with E-state index in [1.165, 1.54) is 0 Å². The topological polar surface area (TPSA) is 41.6 Å². The van der Waals surface area contributed by atoms with Gasteiger partial charge in [0.05, 0.1) is 5.69 Å². The van der Waals surface area contributed by atoms with Gasteiger partial charge in [0.15, 0.2) is 5.75 Å². The Bertz CT molecular complexity index is 448. The maximum Gasteiger partial charge on any atom is 0.412 e. The number of carbonyl (C=O) groups excluding carboxylic acids is 1. The lowest BCUT2D eigenvalue weighted by atomic mass is 10.2. The third-order valence-corrected chi connectivity index (χ3v) is 2.63. The van der Waals surface area contributed by atoms with Crippen molar-refractivity contribution in [3.63, 3.8) is 0 Å². The molecule has 0 aliphatic rings. The molecule has 0 atom stereocenters. The molecule has 108 valence electrons. The van der Waals surface area contributed by atoms with Gasteiger partial charge in [0.25, 0.3) is 0 Å². The Morgan fingerprint density at radius 2 is 1.95 bits per heavy atom. The fraction of sp³-hybridized carbons (Fsp3) is 0.312. The maximum atomic E-state index is 11.7. The van der Waals surface area contributed by atoms with Crippen LogP contribution in [0.2, 0.25) is 0 Å². The zero-order valence-corrected chi connectivity index (χ0v) is 12.0. The Labute approximate surface area is 120 Å². The number of benzene rings is 1. The van der Waals surface area contributed by atoms with Gasteiger partial charge in [0.2, 0.25) is 0 Å². The van der Waals surface area contributed by atoms with Crippen LogP contribution in [0.15, 0.2) is 49.6 Å². The van der Waals surface area contributed by atoms with Gasteiger partial charge in [-0.2, -0.15) is 0 Å². The molecule has 1 aromatic rings. The van der Waals surface area contributed by atoms with E-state index in [2.05, 4.69) is 18.5 Å². The van der Waals surface area contributed by atoms with E-state index in [1.807, 2.05) is 30.0 Å². The molecule has 0 aromatic heterocycles. The molecule has 0 radical (unpaired) electrons. The minimum atomic E-state index is -0.434. The fourth-order valence-electron chi connectivity index (χ4n) is 1.75. The van der Waals surface area contributed by atoms with E-state index in [9.17, 15) is 4.79 Å². The predicted molar refractivity (Wildman–Crippen MR) is 83.4 cm³/mol. The van der Waals surface area contributed by atoms with Gasteiger partial charge in [-0.3, -0.25) is 0 Å². The number of nitrogens with one attached hydrogen (secondary N) is 1. The van der Waals surface area contributed by atoms with Crippen LogP contribution < -0.4 is 15.0 Å². The average molecular weight is 274 g/mol. The van der Waals surface area contributed by atoms with Gasteiger partial charge in [-0.05, 0) is 18.6 Å². The van der Waals surface area contributed by atoms with Crippen LogP contribution in [-0.2, 0) is 0 Å². The summed E-state index contributed by atoms with van der Waals surface area (Å²) in [5, 5.41) is 2.69. The molecule has 0 fully saturated rings. The first-order chi connectivity index (χ1) is 9.72. The smallest absolute Gasteiger partial charge is 0.408 e. The second-order valence-electron chi connectivity index (χ2n) is 4.27. The van der Waals surface area contributed by atoms with Crippen LogP contribution in [0.3, 0.4) is 0 Å². The third kappa shape index (κ3) is 4.80. The van der Waals surface area contributed by atoms with Crippen molar-refractivity contribution in [2.24, 2.45) is 0 Å². The lowest BCUT2D eigenvalue weighted by Gasteiger charge is -2.23. The molecule has 0 saturated carbocycles. The van der Waals surface area contributed by atoms with Gasteiger partial charge in [-0.25, -0.2) is 4.79 Å². The highest BCUT2D eigenvalue weighted by Crippen LogP contribution is 2.28. The summed E-state index contributed by atoms with van der Waals surface area (Å²) in [6, 6.07) is 7.44. The average Bonchev–Trinajstić information content (AvgIpc) is 2.45. The quantitative estimate of drug-likeness (QED) is 0.739. The van der Waals surface area contributed by atoms with Gasteiger partial charge in [-0.15, -0.1) is 13.2 Å². The zero-order valence-electron chi connectivity index (χ0n) is 12.0. The Morgan fingerprint density at radius 1 is 1.30 bits per heavy atom. The number of hydrogen-bond donors (Lipinski definition) is 1. The first-order valence-electron chi connectivity index (χ1n) is 6.74. The van der Waals surface area contributed by atoms with Crippen molar-refractivity contribution < 1.29 is 9.53 Å². The first kappa shape index (κ1) is 15.8. The van der Waals surface area contributed by atoms with Crippen molar-refractivity contribution in [3.8, 4) is 5.75 Å². The van der Waals surface area contributed by atoms with Crippen molar-refractivity contribution in [1.29, 1.82) is 0 Å². The summed E-state index contributed by atoms with van der Waals surface area (Å²) in [4.78, 5) is 13.7. The standard InChI is InChI=1S/C16H22N2O2/c1-4-11-17-16(19)20-15-10-8-7-9-14(15)18(12-5-2)13-6-3/h5-10H,2-4,11-13H2,1H3,(H,17,19). The highest BCUT2D eigenvalue weighted by atomic mass is 16.6. The molecule has 0 aliphatic carbocycles. The Kier molecular flexibility index (Phi) is 6.96. The van der Waals surface area contributed by atoms with Gasteiger partial charge in [0, 0.05) is 19.6 Å². The molecule has 20 heavy (non-hydrogen) atoms. The number of anilines is 1. The fourth-order valence-corrected chi connectivity index (χ4v) is 1.75. The molecule has 1 amide bonds. The van der Waals surface area contributed by atoms with Crippen LogP contribution in [0.5, 0.6) is 5.75 Å². The largest absolute Gasteiger partial charge is 0.412 e. The summed E-state index contributed by atoms with van der Waals surface area (Å²) in [6.45, 7) is 11.4. The number of hydrogen-bond acceptors (Lipinski definition) is 3. The predicted octanol–water partition coefficient (Wildman–Crippen LogP) is 3.36. The Morgan fingerprint density at radius 3 is 2.55 bits per heavy atom. The third-order valence-electron chi connectivity index (χ3n) is 2.63. The summed E-state index contributed by atoms with van der Waals surface area (Å²) in [5.74, 6) is 0.532. The van der Waals surface area contributed by atoms with Crippen LogP contribution in [0.4, 0.5) is 10.5 Å². The highest BCUT2D eigenvalue weighted by molar-refractivity contribution is 5.73. The van der Waals surface area contributed by atoms with Crippen molar-refractivity contribution in [2.45, 2.75) is 13.3 Å². The number of para-hydroxylation sites is 2. The van der Waals surface area contributed by atoms with E-state index in [0.29, 0.717) is 25.4 Å². The van der Waals surface area contributed by atoms with E-state index in [1.54, 1.807) is 18.2 Å². The number of amides is 1. The summed E-state index contributed by atoms with van der Waals surface area (Å²) < 4.78 is 5.36. The van der Waals surface area contributed by atoms with Crippen LogP contribution in [-0.4, -0.2) is 25.7 Å². The van der Waals surface area contributed by atoms with Crippen LogP contribution in [0.1, 0.15) is 13.3 Å². The minimum Gasteiger partial charge on any atom is -0.408 e. The molecule has 1 aromatic carbocycles. The molecule has 1 N–H and O–H groups in total. The molecule has 0 aliphatic heterocycles. The molecule has 0 bridgehead atoms. The van der Waals surface area contributed by atoms with E-state index in [0.717, 1.165) is 12.1 Å². The monoisotopic (exact) mass is 274 g/mol. The molecular formula is C16H22N2O2. The van der Waals surface area contributed by atoms with Gasteiger partial charge < -0.3 is 15.0 Å². The number of ether oxygens (including phenoxy) is 1.